The Hall–Kier alpha value is -3.62. The minimum atomic E-state index is -2.19. The van der Waals surface area contributed by atoms with Crippen LogP contribution in [0, 0.1) is 0 Å². The third-order valence-electron chi connectivity index (χ3n) is 5.45. The van der Waals surface area contributed by atoms with Crippen molar-refractivity contribution >= 4 is 38.8 Å². The zero-order chi connectivity index (χ0) is 21.5. The normalized spacial score (nSPS) is 12.5. The standard InChI is InChI=1S/C23H20N4O3S/c1-26-14-20(18-7-9-24-23(28)22(18)26)19-12-17(25-31(29)30)11-16-8-10-27(21(16)19)13-15-5-3-2-4-6-15/h2-12,14,25H,13H2,1H3,(H,24,28)(H,29,30). The Morgan fingerprint density at radius 1 is 1.06 bits per heavy atom. The van der Waals surface area contributed by atoms with Crippen molar-refractivity contribution in [2.75, 3.05) is 4.72 Å². The summed E-state index contributed by atoms with van der Waals surface area (Å²) in [7, 11) is 1.84. The number of pyridine rings is 1. The van der Waals surface area contributed by atoms with Crippen LogP contribution in [0.25, 0.3) is 32.9 Å². The topological polar surface area (TPSA) is 92.1 Å². The summed E-state index contributed by atoms with van der Waals surface area (Å²) in [6.07, 6.45) is 5.58. The lowest BCUT2D eigenvalue weighted by Gasteiger charge is -2.12. The minimum absolute atomic E-state index is 0.159. The molecule has 0 amide bonds. The second-order valence-corrected chi connectivity index (χ2v) is 8.17. The molecule has 5 rings (SSSR count). The van der Waals surface area contributed by atoms with E-state index in [1.807, 2.05) is 66.5 Å². The van der Waals surface area contributed by atoms with E-state index in [1.165, 1.54) is 5.56 Å². The van der Waals surface area contributed by atoms with Crippen LogP contribution in [-0.2, 0) is 24.9 Å². The van der Waals surface area contributed by atoms with E-state index >= 15 is 0 Å². The van der Waals surface area contributed by atoms with Crippen molar-refractivity contribution in [2.45, 2.75) is 6.54 Å². The molecule has 156 valence electrons. The predicted molar refractivity (Wildman–Crippen MR) is 124 cm³/mol. The maximum absolute atomic E-state index is 12.4. The number of fused-ring (bicyclic) bond motifs is 2. The molecule has 7 nitrogen and oxygen atoms in total. The number of hydrogen-bond donors (Lipinski definition) is 3. The molecule has 0 radical (unpaired) electrons. The fraction of sp³-hybridized carbons (Fsp3) is 0.0870. The van der Waals surface area contributed by atoms with Crippen LogP contribution in [-0.4, -0.2) is 22.9 Å². The summed E-state index contributed by atoms with van der Waals surface area (Å²) in [5.41, 5.74) is 4.87. The fourth-order valence-electron chi connectivity index (χ4n) is 4.21. The largest absolute Gasteiger partial charge is 0.345 e. The number of rotatable bonds is 5. The van der Waals surface area contributed by atoms with Crippen LogP contribution >= 0.6 is 0 Å². The number of hydrogen-bond acceptors (Lipinski definition) is 2. The lowest BCUT2D eigenvalue weighted by atomic mass is 10.0. The van der Waals surface area contributed by atoms with Gasteiger partial charge >= 0.3 is 0 Å². The molecule has 0 aliphatic carbocycles. The number of benzene rings is 2. The van der Waals surface area contributed by atoms with Crippen LogP contribution in [0.1, 0.15) is 5.56 Å². The fourth-order valence-corrected chi connectivity index (χ4v) is 4.53. The Balaban J connectivity index is 1.79. The smallest absolute Gasteiger partial charge is 0.272 e. The highest BCUT2D eigenvalue weighted by atomic mass is 32.2. The molecule has 0 bridgehead atoms. The number of nitrogens with zero attached hydrogens (tertiary/aromatic N) is 2. The molecule has 1 unspecified atom stereocenters. The molecule has 3 N–H and O–H groups in total. The molecule has 0 saturated heterocycles. The Morgan fingerprint density at radius 2 is 1.87 bits per heavy atom. The molecule has 3 aromatic heterocycles. The van der Waals surface area contributed by atoms with Gasteiger partial charge < -0.3 is 14.1 Å². The van der Waals surface area contributed by atoms with Crippen molar-refractivity contribution in [3.05, 3.63) is 89.1 Å². The van der Waals surface area contributed by atoms with Gasteiger partial charge in [0.2, 0.25) is 0 Å². The number of anilines is 1. The molecule has 2 aromatic carbocycles. The van der Waals surface area contributed by atoms with Crippen LogP contribution in [0.5, 0.6) is 0 Å². The van der Waals surface area contributed by atoms with Crippen molar-refractivity contribution in [3.63, 3.8) is 0 Å². The molecule has 8 heteroatoms. The van der Waals surface area contributed by atoms with Crippen LogP contribution in [0.4, 0.5) is 5.69 Å². The van der Waals surface area contributed by atoms with E-state index < -0.39 is 11.3 Å². The average Bonchev–Trinajstić information content (AvgIpc) is 3.30. The van der Waals surface area contributed by atoms with Gasteiger partial charge in [-0.2, -0.15) is 0 Å². The number of aryl methyl sites for hydroxylation is 1. The third kappa shape index (κ3) is 3.45. The molecule has 0 saturated carbocycles. The molecule has 0 aliphatic rings. The van der Waals surface area contributed by atoms with Gasteiger partial charge in [0.1, 0.15) is 5.52 Å². The first-order valence-electron chi connectivity index (χ1n) is 9.72. The summed E-state index contributed by atoms with van der Waals surface area (Å²) in [5, 5.41) is 1.76. The molecular weight excluding hydrogens is 412 g/mol. The quantitative estimate of drug-likeness (QED) is 0.365. The second-order valence-electron chi connectivity index (χ2n) is 7.46. The predicted octanol–water partition coefficient (Wildman–Crippen LogP) is 4.09. The van der Waals surface area contributed by atoms with Crippen molar-refractivity contribution in [2.24, 2.45) is 7.05 Å². The van der Waals surface area contributed by atoms with Crippen molar-refractivity contribution in [3.8, 4) is 11.1 Å². The monoisotopic (exact) mass is 432 g/mol. The van der Waals surface area contributed by atoms with E-state index in [-0.39, 0.29) is 5.56 Å². The van der Waals surface area contributed by atoms with Gasteiger partial charge in [0.15, 0.2) is 0 Å². The van der Waals surface area contributed by atoms with E-state index in [2.05, 4.69) is 26.4 Å². The van der Waals surface area contributed by atoms with E-state index in [4.69, 9.17) is 0 Å². The van der Waals surface area contributed by atoms with Gasteiger partial charge in [0.25, 0.3) is 16.8 Å². The first kappa shape index (κ1) is 19.3. The van der Waals surface area contributed by atoms with Crippen molar-refractivity contribution in [1.29, 1.82) is 0 Å². The van der Waals surface area contributed by atoms with Gasteiger partial charge in [-0.3, -0.25) is 14.1 Å². The molecular formula is C23H20N4O3S. The SMILES string of the molecule is Cn1cc(-c2cc(NS(=O)O)cc3ccn(Cc4ccccc4)c23)c2cc[nH]c(=O)c21. The van der Waals surface area contributed by atoms with Gasteiger partial charge in [-0.1, -0.05) is 30.3 Å². The van der Waals surface area contributed by atoms with E-state index in [0.717, 1.165) is 27.4 Å². The summed E-state index contributed by atoms with van der Waals surface area (Å²) in [5.74, 6) is 0. The maximum Gasteiger partial charge on any atom is 0.272 e. The molecule has 3 heterocycles. The first-order valence-corrected chi connectivity index (χ1v) is 10.8. The Morgan fingerprint density at radius 3 is 2.65 bits per heavy atom. The molecule has 31 heavy (non-hydrogen) atoms. The zero-order valence-corrected chi connectivity index (χ0v) is 17.5. The summed E-state index contributed by atoms with van der Waals surface area (Å²) >= 11 is -2.19. The van der Waals surface area contributed by atoms with Crippen LogP contribution < -0.4 is 10.3 Å². The molecule has 0 fully saturated rings. The van der Waals surface area contributed by atoms with Crippen molar-refractivity contribution in [1.82, 2.24) is 14.1 Å². The van der Waals surface area contributed by atoms with Gasteiger partial charge in [-0.15, -0.1) is 0 Å². The lowest BCUT2D eigenvalue weighted by Crippen LogP contribution is -2.07. The number of aromatic nitrogens is 3. The minimum Gasteiger partial charge on any atom is -0.345 e. The van der Waals surface area contributed by atoms with Crippen LogP contribution in [0.2, 0.25) is 0 Å². The molecule has 0 aliphatic heterocycles. The number of aromatic amines is 1. The van der Waals surface area contributed by atoms with Gasteiger partial charge in [-0.05, 0) is 29.8 Å². The Labute approximate surface area is 180 Å². The van der Waals surface area contributed by atoms with Gasteiger partial charge in [0.05, 0.1) is 5.52 Å². The van der Waals surface area contributed by atoms with Gasteiger partial charge in [-0.25, -0.2) is 4.21 Å². The van der Waals surface area contributed by atoms with E-state index in [1.54, 1.807) is 6.20 Å². The highest BCUT2D eigenvalue weighted by Gasteiger charge is 2.17. The van der Waals surface area contributed by atoms with E-state index in [9.17, 15) is 13.6 Å². The highest BCUT2D eigenvalue weighted by Crippen LogP contribution is 2.37. The molecule has 0 spiro atoms. The Kier molecular flexibility index (Phi) is 4.72. The molecule has 5 aromatic rings. The third-order valence-corrected chi connectivity index (χ3v) is 5.86. The van der Waals surface area contributed by atoms with Crippen LogP contribution in [0.15, 0.2) is 78.0 Å². The summed E-state index contributed by atoms with van der Waals surface area (Å²) in [6, 6.07) is 17.7. The maximum atomic E-state index is 12.4. The second kappa shape index (κ2) is 7.57. The lowest BCUT2D eigenvalue weighted by molar-refractivity contribution is 0.570. The molecule has 1 atom stereocenters. The Bertz CT molecular complexity index is 1500. The summed E-state index contributed by atoms with van der Waals surface area (Å²) in [6.45, 7) is 0.682. The summed E-state index contributed by atoms with van der Waals surface area (Å²) in [4.78, 5) is 15.1. The van der Waals surface area contributed by atoms with Gasteiger partial charge in [0, 0.05) is 59.8 Å². The zero-order valence-electron chi connectivity index (χ0n) is 16.7. The van der Waals surface area contributed by atoms with Crippen molar-refractivity contribution < 1.29 is 8.76 Å². The average molecular weight is 433 g/mol. The van der Waals surface area contributed by atoms with E-state index in [0.29, 0.717) is 17.7 Å². The highest BCUT2D eigenvalue weighted by molar-refractivity contribution is 7.80. The first-order chi connectivity index (χ1) is 15.0. The number of H-pyrrole nitrogens is 1. The van der Waals surface area contributed by atoms with Crippen LogP contribution in [0.3, 0.4) is 0 Å². The summed E-state index contributed by atoms with van der Waals surface area (Å²) < 4.78 is 27.3. The number of nitrogens with one attached hydrogen (secondary N) is 2.